The molecule has 0 spiro atoms. The van der Waals surface area contributed by atoms with Gasteiger partial charge < -0.3 is 0 Å². The smallest absolute Gasteiger partial charge is 0.00968 e. The molecule has 0 saturated carbocycles. The van der Waals surface area contributed by atoms with Crippen LogP contribution in [0.5, 0.6) is 0 Å². The maximum Gasteiger partial charge on any atom is 0.00968 e. The predicted molar refractivity (Wildman–Crippen MR) is 44.9 cm³/mol. The number of halogens is 1. The molecule has 1 atom stereocenters. The molecule has 1 aliphatic rings. The van der Waals surface area contributed by atoms with Crippen LogP contribution in [0.25, 0.3) is 0 Å². The summed E-state index contributed by atoms with van der Waals surface area (Å²) in [5, 5.41) is 1.15. The van der Waals surface area contributed by atoms with Gasteiger partial charge in [0.05, 0.1) is 0 Å². The summed E-state index contributed by atoms with van der Waals surface area (Å²) in [5.41, 5.74) is 1.58. The second-order valence-electron chi connectivity index (χ2n) is 2.73. The summed E-state index contributed by atoms with van der Waals surface area (Å²) in [6, 6.07) is 0. The van der Waals surface area contributed by atoms with Crippen molar-refractivity contribution in [2.24, 2.45) is 5.92 Å². The average Bonchev–Trinajstić information content (AvgIpc) is 1.89. The highest BCUT2D eigenvalue weighted by Gasteiger charge is 2.11. The van der Waals surface area contributed by atoms with E-state index < -0.39 is 0 Å². The van der Waals surface area contributed by atoms with E-state index >= 15 is 0 Å². The van der Waals surface area contributed by atoms with Crippen molar-refractivity contribution in [2.75, 3.05) is 5.33 Å². The van der Waals surface area contributed by atoms with Gasteiger partial charge in [-0.3, -0.25) is 0 Å². The Kier molecular flexibility index (Phi) is 2.77. The van der Waals surface area contributed by atoms with Crippen molar-refractivity contribution in [3.63, 3.8) is 0 Å². The van der Waals surface area contributed by atoms with Gasteiger partial charge in [0.15, 0.2) is 0 Å². The lowest BCUT2D eigenvalue weighted by Gasteiger charge is -2.18. The molecule has 0 saturated heterocycles. The lowest BCUT2D eigenvalue weighted by molar-refractivity contribution is 0.562. The van der Waals surface area contributed by atoms with Crippen LogP contribution in [0.3, 0.4) is 0 Å². The van der Waals surface area contributed by atoms with Crippen LogP contribution in [-0.2, 0) is 0 Å². The number of hydrogen-bond donors (Lipinski definition) is 0. The van der Waals surface area contributed by atoms with Gasteiger partial charge in [0.1, 0.15) is 0 Å². The van der Waals surface area contributed by atoms with Crippen LogP contribution in [0, 0.1) is 5.92 Å². The van der Waals surface area contributed by atoms with E-state index in [9.17, 15) is 0 Å². The van der Waals surface area contributed by atoms with Gasteiger partial charge in [-0.05, 0) is 32.1 Å². The maximum absolute atomic E-state index is 3.51. The fraction of sp³-hybridized carbons (Fsp3) is 0.750. The molecule has 0 N–H and O–H groups in total. The molecule has 0 fully saturated rings. The van der Waals surface area contributed by atoms with E-state index in [1.54, 1.807) is 5.57 Å². The van der Waals surface area contributed by atoms with Gasteiger partial charge in [-0.2, -0.15) is 0 Å². The largest absolute Gasteiger partial charge is 0.0922 e. The number of hydrogen-bond acceptors (Lipinski definition) is 0. The Morgan fingerprint density at radius 2 is 2.56 bits per heavy atom. The van der Waals surface area contributed by atoms with Crippen LogP contribution >= 0.6 is 15.9 Å². The van der Waals surface area contributed by atoms with Crippen molar-refractivity contribution >= 4 is 15.9 Å². The van der Waals surface area contributed by atoms with Gasteiger partial charge in [0, 0.05) is 5.33 Å². The van der Waals surface area contributed by atoms with E-state index in [0.717, 1.165) is 11.2 Å². The summed E-state index contributed by atoms with van der Waals surface area (Å²) >= 11 is 3.51. The van der Waals surface area contributed by atoms with E-state index in [0.29, 0.717) is 0 Å². The first-order valence-corrected chi connectivity index (χ1v) is 4.69. The van der Waals surface area contributed by atoms with E-state index in [2.05, 4.69) is 28.9 Å². The normalized spacial score (nSPS) is 27.8. The molecule has 1 rings (SSSR count). The highest BCUT2D eigenvalue weighted by Crippen LogP contribution is 2.25. The van der Waals surface area contributed by atoms with Crippen LogP contribution in [0.4, 0.5) is 0 Å². The first-order chi connectivity index (χ1) is 4.34. The van der Waals surface area contributed by atoms with Crippen LogP contribution in [0.2, 0.25) is 0 Å². The molecule has 0 bridgehead atoms. The zero-order valence-corrected chi connectivity index (χ0v) is 7.45. The molecule has 1 unspecified atom stereocenters. The summed E-state index contributed by atoms with van der Waals surface area (Å²) < 4.78 is 0. The zero-order chi connectivity index (χ0) is 6.69. The Morgan fingerprint density at radius 3 is 3.00 bits per heavy atom. The van der Waals surface area contributed by atoms with E-state index in [4.69, 9.17) is 0 Å². The molecule has 52 valence electrons. The minimum atomic E-state index is 0.832. The molecule has 0 nitrogen and oxygen atoms in total. The summed E-state index contributed by atoms with van der Waals surface area (Å²) in [6.07, 6.45) is 6.44. The Balaban J connectivity index is 2.50. The zero-order valence-electron chi connectivity index (χ0n) is 5.86. The highest BCUT2D eigenvalue weighted by atomic mass is 79.9. The predicted octanol–water partition coefficient (Wildman–Crippen LogP) is 3.13. The third-order valence-electron chi connectivity index (χ3n) is 2.05. The molecule has 1 heteroatoms. The van der Waals surface area contributed by atoms with Crippen LogP contribution in [-0.4, -0.2) is 5.33 Å². The minimum absolute atomic E-state index is 0.832. The Bertz CT molecular complexity index is 116. The van der Waals surface area contributed by atoms with Crippen molar-refractivity contribution in [3.05, 3.63) is 11.6 Å². The average molecular weight is 189 g/mol. The highest BCUT2D eigenvalue weighted by molar-refractivity contribution is 9.09. The molecule has 0 aromatic heterocycles. The first kappa shape index (κ1) is 7.33. The molecule has 0 aromatic carbocycles. The monoisotopic (exact) mass is 188 g/mol. The van der Waals surface area contributed by atoms with Gasteiger partial charge in [0.2, 0.25) is 0 Å². The molecule has 0 radical (unpaired) electrons. The topological polar surface area (TPSA) is 0 Å². The van der Waals surface area contributed by atoms with E-state index in [1.807, 2.05) is 0 Å². The van der Waals surface area contributed by atoms with Gasteiger partial charge in [-0.25, -0.2) is 0 Å². The number of allylic oxidation sites excluding steroid dienone is 2. The quantitative estimate of drug-likeness (QED) is 0.439. The van der Waals surface area contributed by atoms with Crippen molar-refractivity contribution in [1.29, 1.82) is 0 Å². The minimum Gasteiger partial charge on any atom is -0.0922 e. The maximum atomic E-state index is 3.51. The molecule has 0 aliphatic heterocycles. The van der Waals surface area contributed by atoms with E-state index in [-0.39, 0.29) is 0 Å². The second-order valence-corrected chi connectivity index (χ2v) is 3.38. The molecule has 0 aromatic rings. The van der Waals surface area contributed by atoms with Crippen molar-refractivity contribution in [1.82, 2.24) is 0 Å². The molecule has 0 heterocycles. The lowest BCUT2D eigenvalue weighted by Crippen LogP contribution is -2.06. The summed E-state index contributed by atoms with van der Waals surface area (Å²) in [7, 11) is 0. The lowest BCUT2D eigenvalue weighted by atomic mass is 9.90. The molecular weight excluding hydrogens is 176 g/mol. The molecular formula is C8H13Br. The van der Waals surface area contributed by atoms with Crippen LogP contribution in [0.15, 0.2) is 11.6 Å². The third-order valence-corrected chi connectivity index (χ3v) is 2.83. The second kappa shape index (κ2) is 3.40. The number of alkyl halides is 1. The third kappa shape index (κ3) is 1.82. The van der Waals surface area contributed by atoms with Crippen molar-refractivity contribution in [2.45, 2.75) is 26.2 Å². The van der Waals surface area contributed by atoms with Gasteiger partial charge in [-0.1, -0.05) is 27.6 Å². The van der Waals surface area contributed by atoms with Crippen molar-refractivity contribution in [3.8, 4) is 0 Å². The fourth-order valence-electron chi connectivity index (χ4n) is 1.29. The SMILES string of the molecule is CC1=CCCCC1CBr. The standard InChI is InChI=1S/C8H13Br/c1-7-4-2-3-5-8(7)6-9/h4,8H,2-3,5-6H2,1H3. The summed E-state index contributed by atoms with van der Waals surface area (Å²) in [4.78, 5) is 0. The van der Waals surface area contributed by atoms with Crippen LogP contribution < -0.4 is 0 Å². The van der Waals surface area contributed by atoms with E-state index in [1.165, 1.54) is 19.3 Å². The van der Waals surface area contributed by atoms with Crippen molar-refractivity contribution < 1.29 is 0 Å². The fourth-order valence-corrected chi connectivity index (χ4v) is 2.12. The van der Waals surface area contributed by atoms with Crippen LogP contribution in [0.1, 0.15) is 26.2 Å². The number of rotatable bonds is 1. The molecule has 0 amide bonds. The van der Waals surface area contributed by atoms with Gasteiger partial charge >= 0.3 is 0 Å². The first-order valence-electron chi connectivity index (χ1n) is 3.57. The molecule has 9 heavy (non-hydrogen) atoms. The molecule has 1 aliphatic carbocycles. The Labute approximate surface area is 65.5 Å². The van der Waals surface area contributed by atoms with Gasteiger partial charge in [-0.15, -0.1) is 0 Å². The Morgan fingerprint density at radius 1 is 1.78 bits per heavy atom. The Hall–Kier alpha value is 0.220. The summed E-state index contributed by atoms with van der Waals surface area (Å²) in [6.45, 7) is 2.24. The van der Waals surface area contributed by atoms with Gasteiger partial charge in [0.25, 0.3) is 0 Å². The summed E-state index contributed by atoms with van der Waals surface area (Å²) in [5.74, 6) is 0.832.